The summed E-state index contributed by atoms with van der Waals surface area (Å²) in [7, 11) is 0. The molecule has 0 fully saturated rings. The molecule has 0 unspecified atom stereocenters. The molecule has 1 amide bonds. The normalized spacial score (nSPS) is 8.60. The van der Waals surface area contributed by atoms with E-state index in [4.69, 9.17) is 0 Å². The zero-order valence-corrected chi connectivity index (χ0v) is 9.82. The molecule has 0 aliphatic rings. The van der Waals surface area contributed by atoms with Crippen molar-refractivity contribution in [2.45, 2.75) is 6.92 Å². The van der Waals surface area contributed by atoms with Crippen LogP contribution in [0.5, 0.6) is 5.75 Å². The molecule has 0 aliphatic heterocycles. The standard InChI is InChI=1S/C8H8AsNO3.2H2O/c1-5(11)10-7-4-6(9-13)2-3-8(7)12;;/h2-4,12H,1H3,(H,10,11);2*1H2. The summed E-state index contributed by atoms with van der Waals surface area (Å²) < 4.78 is 11.2. The minimum atomic E-state index is -1.13. The van der Waals surface area contributed by atoms with E-state index in [2.05, 4.69) is 5.32 Å². The third-order valence-corrected chi connectivity index (χ3v) is 2.42. The first-order valence-corrected chi connectivity index (χ1v) is 5.28. The van der Waals surface area contributed by atoms with Crippen LogP contribution in [0.3, 0.4) is 0 Å². The van der Waals surface area contributed by atoms with Crippen molar-refractivity contribution in [3.8, 4) is 5.75 Å². The number of rotatable bonds is 2. The third kappa shape index (κ3) is 4.69. The number of benzene rings is 1. The molecule has 0 radical (unpaired) electrons. The average Bonchev–Trinajstić information content (AvgIpc) is 2.08. The van der Waals surface area contributed by atoms with E-state index in [0.29, 0.717) is 10.0 Å². The molecule has 1 aromatic rings. The van der Waals surface area contributed by atoms with Crippen LogP contribution in [0.25, 0.3) is 0 Å². The number of nitrogens with one attached hydrogen (secondary N) is 1. The van der Waals surface area contributed by atoms with E-state index in [9.17, 15) is 13.6 Å². The topological polar surface area (TPSA) is 129 Å². The molecule has 84 valence electrons. The first-order chi connectivity index (χ1) is 6.13. The maximum absolute atomic E-state index is 10.7. The number of hydrogen-bond acceptors (Lipinski definition) is 3. The van der Waals surface area contributed by atoms with Crippen molar-refractivity contribution in [3.63, 3.8) is 0 Å². The minimum absolute atomic E-state index is 0. The number of carbonyl (C=O) groups excluding carboxylic acids is 1. The Kier molecular flexibility index (Phi) is 7.68. The first kappa shape index (κ1) is 16.2. The SMILES string of the molecule is CC(=O)Nc1cc([As]=O)ccc1O.O.O. The first-order valence-electron chi connectivity index (χ1n) is 3.57. The van der Waals surface area contributed by atoms with Crippen LogP contribution in [0, 0.1) is 0 Å². The number of anilines is 1. The van der Waals surface area contributed by atoms with Gasteiger partial charge in [-0.2, -0.15) is 0 Å². The molecule has 1 rings (SSSR count). The van der Waals surface area contributed by atoms with E-state index in [0.717, 1.165) is 0 Å². The van der Waals surface area contributed by atoms with Gasteiger partial charge in [-0.15, -0.1) is 0 Å². The molecule has 6 nitrogen and oxygen atoms in total. The largest absolute Gasteiger partial charge is 0.412 e. The van der Waals surface area contributed by atoms with Crippen molar-refractivity contribution >= 4 is 31.6 Å². The van der Waals surface area contributed by atoms with Gasteiger partial charge in [-0.3, -0.25) is 0 Å². The van der Waals surface area contributed by atoms with E-state index in [1.165, 1.54) is 19.1 Å². The van der Waals surface area contributed by atoms with Gasteiger partial charge in [0.25, 0.3) is 0 Å². The van der Waals surface area contributed by atoms with E-state index in [-0.39, 0.29) is 22.6 Å². The van der Waals surface area contributed by atoms with Gasteiger partial charge in [0.15, 0.2) is 0 Å². The summed E-state index contributed by atoms with van der Waals surface area (Å²) in [5.74, 6) is -0.289. The molecule has 0 saturated carbocycles. The summed E-state index contributed by atoms with van der Waals surface area (Å²) >= 11 is -1.13. The Morgan fingerprint density at radius 2 is 2.00 bits per heavy atom. The van der Waals surface area contributed by atoms with Gasteiger partial charge in [-0.05, 0) is 0 Å². The molecule has 7 heteroatoms. The molecule has 1 aromatic carbocycles. The number of phenolic OH excluding ortho intramolecular Hbond substituents is 1. The van der Waals surface area contributed by atoms with E-state index >= 15 is 0 Å². The Bertz CT molecular complexity index is 355. The maximum Gasteiger partial charge on any atom is -0.412 e. The van der Waals surface area contributed by atoms with Crippen molar-refractivity contribution in [3.05, 3.63) is 18.2 Å². The molecular formula is C8H12AsNO5. The van der Waals surface area contributed by atoms with Gasteiger partial charge in [-0.1, -0.05) is 0 Å². The molecule has 0 saturated heterocycles. The van der Waals surface area contributed by atoms with Crippen LogP contribution in [0.2, 0.25) is 0 Å². The molecular weight excluding hydrogens is 265 g/mol. The second kappa shape index (κ2) is 7.11. The summed E-state index contributed by atoms with van der Waals surface area (Å²) in [6.07, 6.45) is 0. The van der Waals surface area contributed by atoms with Crippen molar-refractivity contribution < 1.29 is 24.6 Å². The van der Waals surface area contributed by atoms with Crippen LogP contribution in [-0.2, 0) is 8.53 Å². The number of amides is 1. The van der Waals surface area contributed by atoms with Gasteiger partial charge < -0.3 is 11.0 Å². The fourth-order valence-corrected chi connectivity index (χ4v) is 1.54. The maximum atomic E-state index is 10.7. The summed E-state index contributed by atoms with van der Waals surface area (Å²) in [6, 6.07) is 4.48. The predicted molar refractivity (Wildman–Crippen MR) is 55.7 cm³/mol. The van der Waals surface area contributed by atoms with Crippen LogP contribution in [0.4, 0.5) is 5.69 Å². The molecule has 0 atom stereocenters. The summed E-state index contributed by atoms with van der Waals surface area (Å²) in [4.78, 5) is 10.7. The molecule has 0 spiro atoms. The van der Waals surface area contributed by atoms with Crippen LogP contribution >= 0.6 is 0 Å². The van der Waals surface area contributed by atoms with Gasteiger partial charge in [0, 0.05) is 0 Å². The molecule has 0 aliphatic carbocycles. The van der Waals surface area contributed by atoms with Crippen molar-refractivity contribution in [1.82, 2.24) is 0 Å². The Balaban J connectivity index is 0. The van der Waals surface area contributed by atoms with Crippen LogP contribution in [0.15, 0.2) is 18.2 Å². The fourth-order valence-electron chi connectivity index (χ4n) is 0.871. The Morgan fingerprint density at radius 1 is 1.40 bits per heavy atom. The van der Waals surface area contributed by atoms with E-state index in [1.54, 1.807) is 6.07 Å². The summed E-state index contributed by atoms with van der Waals surface area (Å²) in [5, 5.41) is 11.7. The molecule has 0 aromatic heterocycles. The van der Waals surface area contributed by atoms with Crippen molar-refractivity contribution in [1.29, 1.82) is 0 Å². The van der Waals surface area contributed by atoms with Crippen LogP contribution < -0.4 is 9.67 Å². The number of hydrogen-bond donors (Lipinski definition) is 2. The molecule has 15 heavy (non-hydrogen) atoms. The average molecular weight is 277 g/mol. The number of aromatic hydroxyl groups is 1. The van der Waals surface area contributed by atoms with Gasteiger partial charge in [0.05, 0.1) is 0 Å². The zero-order valence-electron chi connectivity index (χ0n) is 7.94. The van der Waals surface area contributed by atoms with E-state index in [1.807, 2.05) is 0 Å². The van der Waals surface area contributed by atoms with E-state index < -0.39 is 15.7 Å². The fraction of sp³-hybridized carbons (Fsp3) is 0.125. The second-order valence-electron chi connectivity index (χ2n) is 2.47. The third-order valence-electron chi connectivity index (χ3n) is 1.40. The smallest absolute Gasteiger partial charge is 0.412 e. The van der Waals surface area contributed by atoms with Gasteiger partial charge in [-0.25, -0.2) is 0 Å². The summed E-state index contributed by atoms with van der Waals surface area (Å²) in [6.45, 7) is 1.34. The van der Waals surface area contributed by atoms with Crippen molar-refractivity contribution in [2.75, 3.05) is 5.32 Å². The van der Waals surface area contributed by atoms with Gasteiger partial charge >= 0.3 is 81.5 Å². The van der Waals surface area contributed by atoms with Crippen LogP contribution in [0.1, 0.15) is 6.92 Å². The van der Waals surface area contributed by atoms with Gasteiger partial charge in [0.1, 0.15) is 0 Å². The Morgan fingerprint density at radius 3 is 2.47 bits per heavy atom. The van der Waals surface area contributed by atoms with Gasteiger partial charge in [0.2, 0.25) is 0 Å². The second-order valence-corrected chi connectivity index (χ2v) is 3.94. The number of carbonyl (C=O) groups is 1. The molecule has 0 heterocycles. The quantitative estimate of drug-likeness (QED) is 0.497. The number of phenols is 1. The molecule has 6 N–H and O–H groups in total. The Hall–Kier alpha value is -1.23. The predicted octanol–water partition coefficient (Wildman–Crippen LogP) is -1.62. The van der Waals surface area contributed by atoms with Crippen molar-refractivity contribution in [2.24, 2.45) is 0 Å². The Labute approximate surface area is 92.8 Å². The summed E-state index contributed by atoms with van der Waals surface area (Å²) in [5.41, 5.74) is 0.302. The minimum Gasteiger partial charge on any atom is -0.412 e. The monoisotopic (exact) mass is 277 g/mol. The zero-order chi connectivity index (χ0) is 9.84. The van der Waals surface area contributed by atoms with Crippen LogP contribution in [-0.4, -0.2) is 37.7 Å². The molecule has 0 bridgehead atoms.